The van der Waals surface area contributed by atoms with Crippen molar-refractivity contribution in [2.75, 3.05) is 19.6 Å². The van der Waals surface area contributed by atoms with Crippen LogP contribution in [0.5, 0.6) is 0 Å². The zero-order valence-corrected chi connectivity index (χ0v) is 21.2. The molecule has 0 aliphatic carbocycles. The first kappa shape index (κ1) is 26.0. The van der Waals surface area contributed by atoms with Crippen LogP contribution < -0.4 is 0 Å². The monoisotopic (exact) mass is 502 g/mol. The van der Waals surface area contributed by atoms with E-state index >= 15 is 0 Å². The fourth-order valence-corrected chi connectivity index (χ4v) is 5.14. The molecule has 34 heavy (non-hydrogen) atoms. The maximum Gasteiger partial charge on any atom is 0.243 e. The highest BCUT2D eigenvalue weighted by molar-refractivity contribution is 7.89. The number of unbranched alkanes of at least 4 members (excludes halogenated alkanes) is 1. The number of hydrogen-bond acceptors (Lipinski definition) is 4. The molecule has 0 unspecified atom stereocenters. The summed E-state index contributed by atoms with van der Waals surface area (Å²) in [6.45, 7) is 4.59. The summed E-state index contributed by atoms with van der Waals surface area (Å²) < 4.78 is 33.6. The van der Waals surface area contributed by atoms with Crippen LogP contribution in [0.2, 0.25) is 5.02 Å². The number of furan rings is 1. The number of benzene rings is 2. The molecule has 0 bridgehead atoms. The van der Waals surface area contributed by atoms with Crippen molar-refractivity contribution in [3.8, 4) is 0 Å². The second-order valence-electron chi connectivity index (χ2n) is 8.21. The number of rotatable bonds is 12. The van der Waals surface area contributed by atoms with E-state index in [1.807, 2.05) is 56.3 Å². The predicted octanol–water partition coefficient (Wildman–Crippen LogP) is 5.30. The van der Waals surface area contributed by atoms with Gasteiger partial charge in [0, 0.05) is 18.1 Å². The Morgan fingerprint density at radius 2 is 1.68 bits per heavy atom. The van der Waals surface area contributed by atoms with E-state index in [0.717, 1.165) is 17.7 Å². The molecule has 1 heterocycles. The summed E-state index contributed by atoms with van der Waals surface area (Å²) in [6, 6.07) is 19.6. The van der Waals surface area contributed by atoms with Crippen LogP contribution in [-0.4, -0.2) is 43.2 Å². The average molecular weight is 503 g/mol. The molecule has 182 valence electrons. The molecule has 2 aromatic carbocycles. The summed E-state index contributed by atoms with van der Waals surface area (Å²) in [5, 5.41) is 0.455. The lowest BCUT2D eigenvalue weighted by atomic mass is 10.1. The number of amides is 1. The van der Waals surface area contributed by atoms with Crippen molar-refractivity contribution in [1.82, 2.24) is 9.21 Å². The van der Waals surface area contributed by atoms with Crippen molar-refractivity contribution < 1.29 is 17.6 Å². The molecule has 0 saturated heterocycles. The fourth-order valence-electron chi connectivity index (χ4n) is 3.58. The first-order valence-corrected chi connectivity index (χ1v) is 13.2. The molecule has 0 aliphatic heterocycles. The highest BCUT2D eigenvalue weighted by Gasteiger charge is 2.28. The lowest BCUT2D eigenvalue weighted by Crippen LogP contribution is -2.43. The Bertz CT molecular complexity index is 1160. The minimum absolute atomic E-state index is 0.123. The van der Waals surface area contributed by atoms with Crippen molar-refractivity contribution in [2.24, 2.45) is 0 Å². The topological polar surface area (TPSA) is 70.8 Å². The number of hydrogen-bond donors (Lipinski definition) is 0. The van der Waals surface area contributed by atoms with Gasteiger partial charge in [-0.05, 0) is 61.7 Å². The maximum absolute atomic E-state index is 13.4. The van der Waals surface area contributed by atoms with Gasteiger partial charge in [0.1, 0.15) is 11.5 Å². The van der Waals surface area contributed by atoms with Crippen LogP contribution >= 0.6 is 11.6 Å². The van der Waals surface area contributed by atoms with Gasteiger partial charge in [-0.3, -0.25) is 4.79 Å². The van der Waals surface area contributed by atoms with Gasteiger partial charge in [-0.15, -0.1) is 0 Å². The van der Waals surface area contributed by atoms with Gasteiger partial charge in [0.05, 0.1) is 18.0 Å². The number of nitrogens with zero attached hydrogens (tertiary/aromatic N) is 2. The van der Waals surface area contributed by atoms with Gasteiger partial charge in [0.15, 0.2) is 0 Å². The Balaban J connectivity index is 1.81. The number of halogens is 1. The molecule has 0 spiro atoms. The number of sulfonamides is 1. The largest absolute Gasteiger partial charge is 0.464 e. The van der Waals surface area contributed by atoms with E-state index in [-0.39, 0.29) is 30.4 Å². The molecular formula is C26H31ClN2O4S. The van der Waals surface area contributed by atoms with Crippen LogP contribution in [0.1, 0.15) is 36.8 Å². The highest BCUT2D eigenvalue weighted by Crippen LogP contribution is 2.20. The molecule has 0 atom stereocenters. The van der Waals surface area contributed by atoms with Gasteiger partial charge < -0.3 is 9.32 Å². The Morgan fingerprint density at radius 1 is 0.971 bits per heavy atom. The first-order valence-electron chi connectivity index (χ1n) is 11.4. The molecule has 6 nitrogen and oxygen atoms in total. The van der Waals surface area contributed by atoms with E-state index in [0.29, 0.717) is 30.2 Å². The molecule has 0 aliphatic rings. The molecule has 0 radical (unpaired) electrons. The van der Waals surface area contributed by atoms with Crippen molar-refractivity contribution in [2.45, 2.75) is 44.6 Å². The van der Waals surface area contributed by atoms with E-state index < -0.39 is 10.0 Å². The Kier molecular flexibility index (Phi) is 9.33. The second kappa shape index (κ2) is 12.2. The maximum atomic E-state index is 13.4. The minimum atomic E-state index is -3.85. The Labute approximate surface area is 207 Å². The van der Waals surface area contributed by atoms with Crippen LogP contribution in [0.25, 0.3) is 0 Å². The summed E-state index contributed by atoms with van der Waals surface area (Å²) >= 11 is 5.94. The third-order valence-corrected chi connectivity index (χ3v) is 7.64. The molecule has 0 fully saturated rings. The predicted molar refractivity (Wildman–Crippen MR) is 134 cm³/mol. The molecule has 0 N–H and O–H groups in total. The molecular weight excluding hydrogens is 472 g/mol. The van der Waals surface area contributed by atoms with Crippen molar-refractivity contribution in [3.63, 3.8) is 0 Å². The third-order valence-electron chi connectivity index (χ3n) is 5.53. The van der Waals surface area contributed by atoms with Crippen LogP contribution in [0.15, 0.2) is 76.0 Å². The summed E-state index contributed by atoms with van der Waals surface area (Å²) in [4.78, 5) is 15.2. The number of aryl methyl sites for hydroxylation is 1. The number of carbonyl (C=O) groups is 1. The first-order chi connectivity index (χ1) is 16.3. The quantitative estimate of drug-likeness (QED) is 0.337. The smallest absolute Gasteiger partial charge is 0.243 e. The lowest BCUT2D eigenvalue weighted by Gasteiger charge is -2.27. The zero-order valence-electron chi connectivity index (χ0n) is 19.6. The van der Waals surface area contributed by atoms with Crippen LogP contribution in [0.3, 0.4) is 0 Å². The van der Waals surface area contributed by atoms with E-state index in [1.165, 1.54) is 16.4 Å². The number of carbonyl (C=O) groups excluding carboxylic acids is 1. The summed E-state index contributed by atoms with van der Waals surface area (Å²) in [5.41, 5.74) is 1.10. The van der Waals surface area contributed by atoms with Crippen molar-refractivity contribution in [3.05, 3.63) is 88.8 Å². The van der Waals surface area contributed by atoms with Crippen molar-refractivity contribution >= 4 is 27.5 Å². The molecule has 1 amide bonds. The standard InChI is InChI=1S/C26H31ClN2O4S/c1-3-4-17-29(34(31,32)25-14-11-23(27)12-15-25)20-26(30)28(19-24-13-10-21(2)33-24)18-16-22-8-6-5-7-9-22/h5-15H,3-4,16-20H2,1-2H3. The van der Waals surface area contributed by atoms with E-state index in [4.69, 9.17) is 16.0 Å². The highest BCUT2D eigenvalue weighted by atomic mass is 35.5. The van der Waals surface area contributed by atoms with E-state index in [1.54, 1.807) is 17.0 Å². The van der Waals surface area contributed by atoms with Gasteiger partial charge in [0.2, 0.25) is 15.9 Å². The van der Waals surface area contributed by atoms with Gasteiger partial charge in [-0.2, -0.15) is 4.31 Å². The fraction of sp³-hybridized carbons (Fsp3) is 0.346. The summed E-state index contributed by atoms with van der Waals surface area (Å²) in [7, 11) is -3.85. The molecule has 3 rings (SSSR count). The van der Waals surface area contributed by atoms with Crippen LogP contribution in [-0.2, 0) is 27.8 Å². The third kappa shape index (κ3) is 7.19. The average Bonchev–Trinajstić information content (AvgIpc) is 3.24. The van der Waals surface area contributed by atoms with Gasteiger partial charge in [0.25, 0.3) is 0 Å². The van der Waals surface area contributed by atoms with Crippen LogP contribution in [0, 0.1) is 6.92 Å². The van der Waals surface area contributed by atoms with Gasteiger partial charge in [-0.25, -0.2) is 8.42 Å². The van der Waals surface area contributed by atoms with E-state index in [9.17, 15) is 13.2 Å². The van der Waals surface area contributed by atoms with Gasteiger partial charge >= 0.3 is 0 Å². The minimum Gasteiger partial charge on any atom is -0.464 e. The molecule has 3 aromatic rings. The SMILES string of the molecule is CCCCN(CC(=O)N(CCc1ccccc1)Cc1ccc(C)o1)S(=O)(=O)c1ccc(Cl)cc1. The van der Waals surface area contributed by atoms with Crippen LogP contribution in [0.4, 0.5) is 0 Å². The Morgan fingerprint density at radius 3 is 2.29 bits per heavy atom. The molecule has 1 aromatic heterocycles. The van der Waals surface area contributed by atoms with Crippen molar-refractivity contribution in [1.29, 1.82) is 0 Å². The Hall–Kier alpha value is -2.61. The lowest BCUT2D eigenvalue weighted by molar-refractivity contribution is -0.132. The normalized spacial score (nSPS) is 11.6. The molecule has 0 saturated carbocycles. The summed E-state index contributed by atoms with van der Waals surface area (Å²) in [5.74, 6) is 1.17. The molecule has 8 heteroatoms. The van der Waals surface area contributed by atoms with Gasteiger partial charge in [-0.1, -0.05) is 55.3 Å². The second-order valence-corrected chi connectivity index (χ2v) is 10.6. The summed E-state index contributed by atoms with van der Waals surface area (Å²) in [6.07, 6.45) is 2.12. The zero-order chi connectivity index (χ0) is 24.6. The van der Waals surface area contributed by atoms with E-state index in [2.05, 4.69) is 0 Å².